The fourth-order valence-corrected chi connectivity index (χ4v) is 1.72. The lowest BCUT2D eigenvalue weighted by molar-refractivity contribution is -0.154. The van der Waals surface area contributed by atoms with Crippen LogP contribution in [0.4, 0.5) is 0 Å². The third-order valence-corrected chi connectivity index (χ3v) is 2.57. The van der Waals surface area contributed by atoms with Gasteiger partial charge in [-0.2, -0.15) is 0 Å². The molecular formula is C11H19BrO4. The van der Waals surface area contributed by atoms with E-state index in [0.29, 0.717) is 6.42 Å². The molecule has 0 saturated carbocycles. The second-order valence-electron chi connectivity index (χ2n) is 4.66. The van der Waals surface area contributed by atoms with E-state index in [1.54, 1.807) is 27.7 Å². The lowest BCUT2D eigenvalue weighted by Crippen LogP contribution is -2.31. The lowest BCUT2D eigenvalue weighted by Gasteiger charge is -2.22. The smallest absolute Gasteiger partial charge is 0.320 e. The molecule has 0 aliphatic rings. The summed E-state index contributed by atoms with van der Waals surface area (Å²) in [5, 5.41) is 0. The number of hydrogen-bond acceptors (Lipinski definition) is 4. The lowest BCUT2D eigenvalue weighted by atomic mass is 10.1. The van der Waals surface area contributed by atoms with Gasteiger partial charge in [0, 0.05) is 0 Å². The van der Waals surface area contributed by atoms with Crippen molar-refractivity contribution in [3.05, 3.63) is 0 Å². The van der Waals surface area contributed by atoms with E-state index in [-0.39, 0.29) is 17.9 Å². The highest BCUT2D eigenvalue weighted by Crippen LogP contribution is 2.19. The van der Waals surface area contributed by atoms with Gasteiger partial charge in [0.05, 0.1) is 13.0 Å². The summed E-state index contributed by atoms with van der Waals surface area (Å²) in [6.45, 7) is 7.11. The van der Waals surface area contributed by atoms with E-state index >= 15 is 0 Å². The van der Waals surface area contributed by atoms with Gasteiger partial charge in [-0.3, -0.25) is 9.59 Å². The van der Waals surface area contributed by atoms with Crippen molar-refractivity contribution in [2.24, 2.45) is 5.92 Å². The molecular weight excluding hydrogens is 276 g/mol. The summed E-state index contributed by atoms with van der Waals surface area (Å²) < 4.78 is 9.76. The molecule has 0 rings (SSSR count). The maximum Gasteiger partial charge on any atom is 0.320 e. The fraction of sp³-hybridized carbons (Fsp3) is 0.818. The highest BCUT2D eigenvalue weighted by Gasteiger charge is 2.26. The average molecular weight is 295 g/mol. The molecule has 0 fully saturated rings. The van der Waals surface area contributed by atoms with Crippen molar-refractivity contribution in [1.29, 1.82) is 0 Å². The van der Waals surface area contributed by atoms with E-state index in [9.17, 15) is 9.59 Å². The molecule has 0 N–H and O–H groups in total. The molecule has 2 unspecified atom stereocenters. The van der Waals surface area contributed by atoms with Crippen molar-refractivity contribution in [3.63, 3.8) is 0 Å². The number of esters is 2. The zero-order chi connectivity index (χ0) is 12.9. The van der Waals surface area contributed by atoms with Gasteiger partial charge in [0.15, 0.2) is 0 Å². The van der Waals surface area contributed by atoms with Gasteiger partial charge in [0.1, 0.15) is 10.4 Å². The van der Waals surface area contributed by atoms with Crippen LogP contribution in [0.1, 0.15) is 34.1 Å². The molecule has 2 atom stereocenters. The number of hydrogen-bond donors (Lipinski definition) is 0. The standard InChI is InChI=1S/C11H19BrO4/c1-7(9(13)15-5)6-8(12)10(14)16-11(2,3)4/h7-8H,6H2,1-5H3. The Morgan fingerprint density at radius 3 is 2.12 bits per heavy atom. The van der Waals surface area contributed by atoms with Crippen molar-refractivity contribution in [3.8, 4) is 0 Å². The molecule has 0 heterocycles. The molecule has 16 heavy (non-hydrogen) atoms. The Kier molecular flexibility index (Phi) is 6.00. The van der Waals surface area contributed by atoms with E-state index < -0.39 is 10.4 Å². The number of alkyl halides is 1. The number of ether oxygens (including phenoxy) is 2. The predicted octanol–water partition coefficient (Wildman–Crippen LogP) is 2.29. The van der Waals surface area contributed by atoms with Crippen LogP contribution in [0.25, 0.3) is 0 Å². The minimum atomic E-state index is -0.516. The van der Waals surface area contributed by atoms with Crippen LogP contribution in [0, 0.1) is 5.92 Å². The third-order valence-electron chi connectivity index (χ3n) is 1.83. The normalized spacial score (nSPS) is 15.1. The van der Waals surface area contributed by atoms with Gasteiger partial charge >= 0.3 is 11.9 Å². The van der Waals surface area contributed by atoms with Crippen LogP contribution in [0.3, 0.4) is 0 Å². The van der Waals surface area contributed by atoms with Gasteiger partial charge in [-0.1, -0.05) is 22.9 Å². The summed E-state index contributed by atoms with van der Waals surface area (Å²) in [7, 11) is 1.33. The Labute approximate surface area is 105 Å². The predicted molar refractivity (Wildman–Crippen MR) is 64.4 cm³/mol. The van der Waals surface area contributed by atoms with Gasteiger partial charge in [0.25, 0.3) is 0 Å². The minimum absolute atomic E-state index is 0.326. The molecule has 0 aromatic heterocycles. The highest BCUT2D eigenvalue weighted by molar-refractivity contribution is 9.10. The van der Waals surface area contributed by atoms with E-state index in [4.69, 9.17) is 4.74 Å². The molecule has 0 bridgehead atoms. The molecule has 0 amide bonds. The summed E-state index contributed by atoms with van der Waals surface area (Å²) in [6, 6.07) is 0. The quantitative estimate of drug-likeness (QED) is 0.590. The maximum atomic E-state index is 11.6. The van der Waals surface area contributed by atoms with Crippen molar-refractivity contribution >= 4 is 27.9 Å². The topological polar surface area (TPSA) is 52.6 Å². The molecule has 0 aliphatic carbocycles. The second-order valence-corrected chi connectivity index (χ2v) is 5.77. The van der Waals surface area contributed by atoms with Gasteiger partial charge in [-0.05, 0) is 27.2 Å². The fourth-order valence-electron chi connectivity index (χ4n) is 1.07. The van der Waals surface area contributed by atoms with Gasteiger partial charge in [0.2, 0.25) is 0 Å². The van der Waals surface area contributed by atoms with Crippen LogP contribution in [0.5, 0.6) is 0 Å². The van der Waals surface area contributed by atoms with Crippen molar-refractivity contribution in [2.75, 3.05) is 7.11 Å². The summed E-state index contributed by atoms with van der Waals surface area (Å²) in [5.74, 6) is -1.02. The van der Waals surface area contributed by atoms with Crippen LogP contribution in [0.2, 0.25) is 0 Å². The first kappa shape index (κ1) is 15.4. The molecule has 0 spiro atoms. The first-order chi connectivity index (χ1) is 7.17. The molecule has 5 heteroatoms. The molecule has 4 nitrogen and oxygen atoms in total. The molecule has 0 radical (unpaired) electrons. The van der Waals surface area contributed by atoms with Crippen LogP contribution < -0.4 is 0 Å². The number of methoxy groups -OCH3 is 1. The Bertz CT molecular complexity index is 257. The summed E-state index contributed by atoms with van der Waals surface area (Å²) in [4.78, 5) is 22.3. The molecule has 94 valence electrons. The van der Waals surface area contributed by atoms with E-state index in [2.05, 4.69) is 20.7 Å². The Hall–Kier alpha value is -0.580. The second kappa shape index (κ2) is 6.23. The van der Waals surface area contributed by atoms with Crippen LogP contribution in [0.15, 0.2) is 0 Å². The van der Waals surface area contributed by atoms with Gasteiger partial charge < -0.3 is 9.47 Å². The third kappa shape index (κ3) is 6.10. The molecule has 0 aliphatic heterocycles. The number of carbonyl (C=O) groups is 2. The molecule has 0 saturated heterocycles. The minimum Gasteiger partial charge on any atom is -0.469 e. The van der Waals surface area contributed by atoms with Gasteiger partial charge in [-0.25, -0.2) is 0 Å². The average Bonchev–Trinajstić information content (AvgIpc) is 2.13. The zero-order valence-corrected chi connectivity index (χ0v) is 12.0. The summed E-state index contributed by atoms with van der Waals surface area (Å²) in [5.41, 5.74) is -0.516. The van der Waals surface area contributed by atoms with Crippen molar-refractivity contribution in [2.45, 2.75) is 44.5 Å². The Balaban J connectivity index is 4.21. The number of halogens is 1. The first-order valence-corrected chi connectivity index (χ1v) is 6.03. The van der Waals surface area contributed by atoms with Crippen molar-refractivity contribution in [1.82, 2.24) is 0 Å². The van der Waals surface area contributed by atoms with E-state index in [0.717, 1.165) is 0 Å². The van der Waals surface area contributed by atoms with Gasteiger partial charge in [-0.15, -0.1) is 0 Å². The van der Waals surface area contributed by atoms with Crippen LogP contribution in [-0.4, -0.2) is 29.5 Å². The number of rotatable bonds is 4. The van der Waals surface area contributed by atoms with E-state index in [1.807, 2.05) is 0 Å². The summed E-state index contributed by atoms with van der Waals surface area (Å²) >= 11 is 3.21. The number of carbonyl (C=O) groups excluding carboxylic acids is 2. The largest absolute Gasteiger partial charge is 0.469 e. The maximum absolute atomic E-state index is 11.6. The monoisotopic (exact) mass is 294 g/mol. The summed E-state index contributed by atoms with van der Waals surface area (Å²) in [6.07, 6.45) is 0.363. The van der Waals surface area contributed by atoms with Crippen LogP contribution >= 0.6 is 15.9 Å². The van der Waals surface area contributed by atoms with Crippen molar-refractivity contribution < 1.29 is 19.1 Å². The first-order valence-electron chi connectivity index (χ1n) is 5.12. The molecule has 0 aromatic carbocycles. The highest BCUT2D eigenvalue weighted by atomic mass is 79.9. The zero-order valence-electron chi connectivity index (χ0n) is 10.4. The Morgan fingerprint density at radius 2 is 1.75 bits per heavy atom. The SMILES string of the molecule is COC(=O)C(C)CC(Br)C(=O)OC(C)(C)C. The van der Waals surface area contributed by atoms with E-state index in [1.165, 1.54) is 7.11 Å². The Morgan fingerprint density at radius 1 is 1.25 bits per heavy atom. The van der Waals surface area contributed by atoms with Crippen LogP contribution in [-0.2, 0) is 19.1 Å². The molecule has 0 aromatic rings.